The van der Waals surface area contributed by atoms with Crippen molar-refractivity contribution in [3.8, 4) is 11.1 Å². The van der Waals surface area contributed by atoms with Crippen molar-refractivity contribution in [3.05, 3.63) is 66.2 Å². The third kappa shape index (κ3) is 1.72. The molecule has 0 aliphatic heterocycles. The Bertz CT molecular complexity index is 643. The Kier molecular flexibility index (Phi) is 2.49. The van der Waals surface area contributed by atoms with Crippen molar-refractivity contribution >= 4 is 11.6 Å². The fourth-order valence-corrected chi connectivity index (χ4v) is 2.42. The van der Waals surface area contributed by atoms with Gasteiger partial charge in [-0.3, -0.25) is 4.79 Å². The third-order valence-electron chi connectivity index (χ3n) is 3.25. The number of benzene rings is 2. The van der Waals surface area contributed by atoms with Crippen molar-refractivity contribution in [1.82, 2.24) is 0 Å². The van der Waals surface area contributed by atoms with E-state index in [2.05, 4.69) is 42.2 Å². The standard InChI is InChI=1S/C16H13NO/c1-2-16(18)17-13-7-8-15-12(10-13)9-11-5-3-4-6-14(11)15/h2-8,10H,1,9H2,(H,17,18). The van der Waals surface area contributed by atoms with Crippen molar-refractivity contribution in [3.63, 3.8) is 0 Å². The first-order valence-corrected chi connectivity index (χ1v) is 5.92. The monoisotopic (exact) mass is 235 g/mol. The molecule has 0 saturated heterocycles. The highest BCUT2D eigenvalue weighted by atomic mass is 16.1. The number of hydrogen-bond acceptors (Lipinski definition) is 1. The van der Waals surface area contributed by atoms with Crippen LogP contribution in [0.4, 0.5) is 5.69 Å². The van der Waals surface area contributed by atoms with Crippen molar-refractivity contribution in [2.45, 2.75) is 6.42 Å². The van der Waals surface area contributed by atoms with Gasteiger partial charge in [0.25, 0.3) is 0 Å². The summed E-state index contributed by atoms with van der Waals surface area (Å²) in [6.45, 7) is 3.45. The second-order valence-corrected chi connectivity index (χ2v) is 4.40. The summed E-state index contributed by atoms with van der Waals surface area (Å²) in [4.78, 5) is 11.3. The Balaban J connectivity index is 1.98. The van der Waals surface area contributed by atoms with Crippen molar-refractivity contribution in [2.75, 3.05) is 5.32 Å². The van der Waals surface area contributed by atoms with Crippen LogP contribution in [-0.4, -0.2) is 5.91 Å². The number of hydrogen-bond donors (Lipinski definition) is 1. The molecule has 2 nitrogen and oxygen atoms in total. The molecule has 0 saturated carbocycles. The molecule has 18 heavy (non-hydrogen) atoms. The molecule has 2 heteroatoms. The van der Waals surface area contributed by atoms with E-state index in [1.807, 2.05) is 12.1 Å². The summed E-state index contributed by atoms with van der Waals surface area (Å²) in [6.07, 6.45) is 2.21. The van der Waals surface area contributed by atoms with Crippen molar-refractivity contribution in [2.24, 2.45) is 0 Å². The molecule has 1 aliphatic rings. The third-order valence-corrected chi connectivity index (χ3v) is 3.25. The first-order valence-electron chi connectivity index (χ1n) is 5.92. The molecule has 1 aliphatic carbocycles. The quantitative estimate of drug-likeness (QED) is 0.678. The van der Waals surface area contributed by atoms with Crippen LogP contribution in [0.15, 0.2) is 55.1 Å². The van der Waals surface area contributed by atoms with Crippen LogP contribution in [0.5, 0.6) is 0 Å². The van der Waals surface area contributed by atoms with Gasteiger partial charge < -0.3 is 5.32 Å². The van der Waals surface area contributed by atoms with Crippen LogP contribution in [0.3, 0.4) is 0 Å². The minimum atomic E-state index is -0.175. The summed E-state index contributed by atoms with van der Waals surface area (Å²) < 4.78 is 0. The second-order valence-electron chi connectivity index (χ2n) is 4.40. The lowest BCUT2D eigenvalue weighted by atomic mass is 10.1. The zero-order valence-corrected chi connectivity index (χ0v) is 9.94. The van der Waals surface area contributed by atoms with Gasteiger partial charge in [-0.1, -0.05) is 36.9 Å². The Morgan fingerprint density at radius 2 is 1.89 bits per heavy atom. The predicted molar refractivity (Wildman–Crippen MR) is 73.5 cm³/mol. The van der Waals surface area contributed by atoms with E-state index in [1.54, 1.807) is 0 Å². The Hall–Kier alpha value is -2.35. The summed E-state index contributed by atoms with van der Waals surface area (Å²) in [5, 5.41) is 2.79. The van der Waals surface area contributed by atoms with E-state index in [0.29, 0.717) is 0 Å². The molecule has 0 unspecified atom stereocenters. The predicted octanol–water partition coefficient (Wildman–Crippen LogP) is 3.38. The molecular formula is C16H13NO. The van der Waals surface area contributed by atoms with E-state index in [-0.39, 0.29) is 5.91 Å². The number of anilines is 1. The maximum absolute atomic E-state index is 11.3. The Morgan fingerprint density at radius 1 is 1.11 bits per heavy atom. The van der Waals surface area contributed by atoms with E-state index in [1.165, 1.54) is 28.3 Å². The summed E-state index contributed by atoms with van der Waals surface area (Å²) in [5.74, 6) is -0.175. The van der Waals surface area contributed by atoms with Crippen molar-refractivity contribution < 1.29 is 4.79 Å². The second kappa shape index (κ2) is 4.15. The molecule has 3 rings (SSSR count). The highest BCUT2D eigenvalue weighted by Crippen LogP contribution is 2.37. The zero-order chi connectivity index (χ0) is 12.5. The van der Waals surface area contributed by atoms with Crippen LogP contribution < -0.4 is 5.32 Å². The topological polar surface area (TPSA) is 29.1 Å². The lowest BCUT2D eigenvalue weighted by Gasteiger charge is -2.05. The van der Waals surface area contributed by atoms with Gasteiger partial charge in [0.05, 0.1) is 0 Å². The number of nitrogens with one attached hydrogen (secondary N) is 1. The van der Waals surface area contributed by atoms with E-state index >= 15 is 0 Å². The largest absolute Gasteiger partial charge is 0.323 e. The van der Waals surface area contributed by atoms with Gasteiger partial charge >= 0.3 is 0 Å². The molecule has 0 bridgehead atoms. The van der Waals surface area contributed by atoms with E-state index < -0.39 is 0 Å². The van der Waals surface area contributed by atoms with E-state index in [9.17, 15) is 4.79 Å². The average Bonchev–Trinajstić information content (AvgIpc) is 2.76. The van der Waals surface area contributed by atoms with Gasteiger partial charge in [-0.25, -0.2) is 0 Å². The van der Waals surface area contributed by atoms with Crippen molar-refractivity contribution in [1.29, 1.82) is 0 Å². The molecule has 2 aromatic carbocycles. The average molecular weight is 235 g/mol. The fraction of sp³-hybridized carbons (Fsp3) is 0.0625. The number of carbonyl (C=O) groups excluding carboxylic acids is 1. The molecule has 88 valence electrons. The first kappa shape index (κ1) is 10.8. The highest BCUT2D eigenvalue weighted by molar-refractivity contribution is 5.99. The molecule has 0 atom stereocenters. The molecule has 1 N–H and O–H groups in total. The summed E-state index contributed by atoms with van der Waals surface area (Å²) in [7, 11) is 0. The van der Waals surface area contributed by atoms with Crippen LogP contribution in [-0.2, 0) is 11.2 Å². The van der Waals surface area contributed by atoms with Crippen LogP contribution in [0.2, 0.25) is 0 Å². The molecular weight excluding hydrogens is 222 g/mol. The van der Waals surface area contributed by atoms with Gasteiger partial charge in [0.1, 0.15) is 0 Å². The Labute approximate surface area is 106 Å². The molecule has 0 spiro atoms. The van der Waals surface area contributed by atoms with Gasteiger partial charge in [0.2, 0.25) is 5.91 Å². The summed E-state index contributed by atoms with van der Waals surface area (Å²) >= 11 is 0. The van der Waals surface area contributed by atoms with Gasteiger partial charge in [-0.2, -0.15) is 0 Å². The Morgan fingerprint density at radius 3 is 2.72 bits per heavy atom. The molecule has 0 aromatic heterocycles. The smallest absolute Gasteiger partial charge is 0.247 e. The minimum Gasteiger partial charge on any atom is -0.323 e. The zero-order valence-electron chi connectivity index (χ0n) is 9.94. The molecule has 0 heterocycles. The van der Waals surface area contributed by atoms with Gasteiger partial charge in [-0.05, 0) is 46.9 Å². The lowest BCUT2D eigenvalue weighted by Crippen LogP contribution is -2.07. The summed E-state index contributed by atoms with van der Waals surface area (Å²) in [5.41, 5.74) is 6.00. The maximum Gasteiger partial charge on any atom is 0.247 e. The van der Waals surface area contributed by atoms with Gasteiger partial charge in [-0.15, -0.1) is 0 Å². The van der Waals surface area contributed by atoms with Gasteiger partial charge in [0, 0.05) is 5.69 Å². The summed E-state index contributed by atoms with van der Waals surface area (Å²) in [6, 6.07) is 14.5. The molecule has 0 fully saturated rings. The fourth-order valence-electron chi connectivity index (χ4n) is 2.42. The highest BCUT2D eigenvalue weighted by Gasteiger charge is 2.17. The number of carbonyl (C=O) groups is 1. The SMILES string of the molecule is C=CC(=O)Nc1ccc2c(c1)Cc1ccccc1-2. The van der Waals surface area contributed by atoms with E-state index in [0.717, 1.165) is 12.1 Å². The molecule has 2 aromatic rings. The number of amides is 1. The minimum absolute atomic E-state index is 0.175. The number of fused-ring (bicyclic) bond motifs is 3. The normalized spacial score (nSPS) is 11.6. The van der Waals surface area contributed by atoms with Gasteiger partial charge in [0.15, 0.2) is 0 Å². The number of rotatable bonds is 2. The van der Waals surface area contributed by atoms with Crippen LogP contribution in [0.25, 0.3) is 11.1 Å². The molecule has 0 radical (unpaired) electrons. The van der Waals surface area contributed by atoms with Crippen LogP contribution in [0, 0.1) is 0 Å². The maximum atomic E-state index is 11.3. The van der Waals surface area contributed by atoms with Crippen LogP contribution in [0.1, 0.15) is 11.1 Å². The van der Waals surface area contributed by atoms with E-state index in [4.69, 9.17) is 0 Å². The lowest BCUT2D eigenvalue weighted by molar-refractivity contribution is -0.111. The first-order chi connectivity index (χ1) is 8.78. The molecule has 1 amide bonds. The van der Waals surface area contributed by atoms with Crippen LogP contribution >= 0.6 is 0 Å².